The number of hydrogen-bond donors (Lipinski definition) is 2. The number of ether oxygens (including phenoxy) is 1. The molecule has 0 heterocycles. The molecule has 0 rings (SSSR count). The van der Waals surface area contributed by atoms with Gasteiger partial charge in [0.25, 0.3) is 10.1 Å². The molecular weight excluding hydrogens is 327 g/mol. The van der Waals surface area contributed by atoms with E-state index in [9.17, 15) is 18.0 Å². The zero-order chi connectivity index (χ0) is 16.2. The van der Waals surface area contributed by atoms with Gasteiger partial charge in [-0.25, -0.2) is 4.79 Å². The molecule has 21 heavy (non-hydrogen) atoms. The van der Waals surface area contributed by atoms with Crippen molar-refractivity contribution in [2.24, 2.45) is 5.92 Å². The van der Waals surface area contributed by atoms with Crippen LogP contribution in [0.25, 0.3) is 0 Å². The minimum Gasteiger partial charge on any atom is -0.481 e. The second kappa shape index (κ2) is 15.1. The Morgan fingerprint density at radius 2 is 1.90 bits per heavy atom. The minimum atomic E-state index is -3.74. The standard InChI is InChI=1S/C9H14O4.C3H7O3S.K/c1-3-5-8(10)13-6-7(4-2)9(11)12;1-2-3-7(4,5)6;/h3,5,7H,4,6H2,1-2H3,(H,11,12);1-3H2,(H,4,5,6);/q;-1;+1. The van der Waals surface area contributed by atoms with Crippen LogP contribution in [0.1, 0.15) is 26.7 Å². The molecule has 0 bridgehead atoms. The van der Waals surface area contributed by atoms with Crippen molar-refractivity contribution in [1.29, 1.82) is 0 Å². The van der Waals surface area contributed by atoms with Crippen molar-refractivity contribution in [2.75, 3.05) is 12.4 Å². The third-order valence-corrected chi connectivity index (χ3v) is 2.78. The molecule has 0 aliphatic heterocycles. The van der Waals surface area contributed by atoms with Crippen LogP contribution in [-0.2, 0) is 24.4 Å². The molecule has 0 aromatic carbocycles. The largest absolute Gasteiger partial charge is 1.00 e. The van der Waals surface area contributed by atoms with Crippen LogP contribution >= 0.6 is 0 Å². The van der Waals surface area contributed by atoms with E-state index in [2.05, 4.69) is 6.92 Å². The number of allylic oxidation sites excluding steroid dienone is 1. The molecule has 0 aromatic heterocycles. The molecular formula is C12H21KO7S. The van der Waals surface area contributed by atoms with Gasteiger partial charge in [-0.2, -0.15) is 14.8 Å². The number of carbonyl (C=O) groups is 2. The number of rotatable bonds is 7. The second-order valence-electron chi connectivity index (χ2n) is 3.71. The van der Waals surface area contributed by atoms with Gasteiger partial charge in [-0.15, -0.1) is 0 Å². The molecule has 0 fully saturated rings. The summed E-state index contributed by atoms with van der Waals surface area (Å²) in [6.07, 6.45) is 3.48. The van der Waals surface area contributed by atoms with Gasteiger partial charge in [0.1, 0.15) is 6.61 Å². The topological polar surface area (TPSA) is 118 Å². The van der Waals surface area contributed by atoms with Crippen LogP contribution < -0.4 is 51.4 Å². The first kappa shape index (κ1) is 26.1. The van der Waals surface area contributed by atoms with Crippen LogP contribution in [0.3, 0.4) is 0 Å². The molecule has 0 aromatic rings. The number of esters is 1. The van der Waals surface area contributed by atoms with Crippen molar-refractivity contribution >= 4 is 22.1 Å². The maximum absolute atomic E-state index is 10.8. The maximum Gasteiger partial charge on any atom is 1.00 e. The van der Waals surface area contributed by atoms with Crippen LogP contribution in [0.4, 0.5) is 0 Å². The SMILES string of the molecule is CC=CC(=O)OCC(CC)C(=O)O.[CH2-]CCS(=O)(=O)O.[K+]. The number of hydrogen-bond acceptors (Lipinski definition) is 5. The van der Waals surface area contributed by atoms with Crippen molar-refractivity contribution in [2.45, 2.75) is 26.7 Å². The third kappa shape index (κ3) is 20.2. The molecule has 0 saturated carbocycles. The molecule has 118 valence electrons. The van der Waals surface area contributed by atoms with Crippen LogP contribution in [-0.4, -0.2) is 42.4 Å². The van der Waals surface area contributed by atoms with E-state index in [0.717, 1.165) is 0 Å². The van der Waals surface area contributed by atoms with Crippen LogP contribution in [0, 0.1) is 12.8 Å². The van der Waals surface area contributed by atoms with E-state index in [1.54, 1.807) is 19.9 Å². The maximum atomic E-state index is 10.8. The van der Waals surface area contributed by atoms with E-state index >= 15 is 0 Å². The van der Waals surface area contributed by atoms with Crippen LogP contribution in [0.5, 0.6) is 0 Å². The van der Waals surface area contributed by atoms with Gasteiger partial charge in [0.05, 0.1) is 5.92 Å². The van der Waals surface area contributed by atoms with Gasteiger partial charge in [-0.05, 0) is 13.3 Å². The zero-order valence-electron chi connectivity index (χ0n) is 12.6. The van der Waals surface area contributed by atoms with Gasteiger partial charge >= 0.3 is 63.3 Å². The molecule has 0 saturated heterocycles. The first-order chi connectivity index (χ1) is 9.17. The molecule has 2 N–H and O–H groups in total. The summed E-state index contributed by atoms with van der Waals surface area (Å²) in [6.45, 7) is 6.60. The van der Waals surface area contributed by atoms with Crippen molar-refractivity contribution in [3.05, 3.63) is 19.1 Å². The van der Waals surface area contributed by atoms with E-state index in [0.29, 0.717) is 6.42 Å². The summed E-state index contributed by atoms with van der Waals surface area (Å²) >= 11 is 0. The fraction of sp³-hybridized carbons (Fsp3) is 0.583. The molecule has 1 atom stereocenters. The van der Waals surface area contributed by atoms with Crippen molar-refractivity contribution in [1.82, 2.24) is 0 Å². The molecule has 0 radical (unpaired) electrons. The third-order valence-electron chi connectivity index (χ3n) is 1.97. The number of aliphatic carboxylic acids is 1. The smallest absolute Gasteiger partial charge is 0.481 e. The Labute approximate surface area is 168 Å². The van der Waals surface area contributed by atoms with Gasteiger partial charge in [-0.1, -0.05) is 13.0 Å². The van der Waals surface area contributed by atoms with Crippen LogP contribution in [0.15, 0.2) is 12.2 Å². The number of carbonyl (C=O) groups excluding carboxylic acids is 1. The summed E-state index contributed by atoms with van der Waals surface area (Å²) in [5, 5.41) is 8.61. The predicted octanol–water partition coefficient (Wildman–Crippen LogP) is -1.68. The Hall–Kier alpha value is 0.226. The molecule has 0 amide bonds. The van der Waals surface area contributed by atoms with Gasteiger partial charge in [0.2, 0.25) is 0 Å². The summed E-state index contributed by atoms with van der Waals surface area (Å²) < 4.78 is 32.1. The van der Waals surface area contributed by atoms with E-state index in [-0.39, 0.29) is 70.2 Å². The van der Waals surface area contributed by atoms with Crippen molar-refractivity contribution in [3.8, 4) is 0 Å². The van der Waals surface area contributed by atoms with E-state index in [1.807, 2.05) is 0 Å². The van der Waals surface area contributed by atoms with E-state index in [4.69, 9.17) is 14.4 Å². The van der Waals surface area contributed by atoms with Crippen LogP contribution in [0.2, 0.25) is 0 Å². The molecule has 1 unspecified atom stereocenters. The second-order valence-corrected chi connectivity index (χ2v) is 5.29. The first-order valence-corrected chi connectivity index (χ1v) is 7.55. The molecule has 9 heteroatoms. The first-order valence-electron chi connectivity index (χ1n) is 5.94. The summed E-state index contributed by atoms with van der Waals surface area (Å²) in [6, 6.07) is 0. The Morgan fingerprint density at radius 3 is 2.14 bits per heavy atom. The molecule has 0 aliphatic carbocycles. The van der Waals surface area contributed by atoms with Gasteiger partial charge < -0.3 is 16.8 Å². The quantitative estimate of drug-likeness (QED) is 0.185. The number of carboxylic acid groups (broad SMARTS) is 1. The fourth-order valence-corrected chi connectivity index (χ4v) is 1.28. The fourth-order valence-electron chi connectivity index (χ4n) is 0.913. The Bertz CT molecular complexity index is 417. The average molecular weight is 348 g/mol. The van der Waals surface area contributed by atoms with Gasteiger partial charge in [-0.3, -0.25) is 9.35 Å². The Kier molecular flexibility index (Phi) is 18.8. The minimum absolute atomic E-state index is 0. The van der Waals surface area contributed by atoms with Gasteiger partial charge in [0.15, 0.2) is 0 Å². The summed E-state index contributed by atoms with van der Waals surface area (Å²) in [5.41, 5.74) is 0. The van der Waals surface area contributed by atoms with Gasteiger partial charge in [0, 0.05) is 11.8 Å². The summed E-state index contributed by atoms with van der Waals surface area (Å²) in [5.74, 6) is -2.28. The number of carboxylic acids is 1. The molecule has 0 spiro atoms. The Morgan fingerprint density at radius 1 is 1.38 bits per heavy atom. The summed E-state index contributed by atoms with van der Waals surface area (Å²) in [7, 11) is -3.74. The van der Waals surface area contributed by atoms with E-state index < -0.39 is 28.0 Å². The average Bonchev–Trinajstić information content (AvgIpc) is 2.28. The van der Waals surface area contributed by atoms with Crippen molar-refractivity contribution < 1.29 is 83.8 Å². The van der Waals surface area contributed by atoms with Crippen molar-refractivity contribution in [3.63, 3.8) is 0 Å². The monoisotopic (exact) mass is 348 g/mol. The predicted molar refractivity (Wildman–Crippen MR) is 73.6 cm³/mol. The normalized spacial score (nSPS) is 11.8. The zero-order valence-corrected chi connectivity index (χ0v) is 16.6. The Balaban J connectivity index is -0.000000347. The van der Waals surface area contributed by atoms with E-state index in [1.165, 1.54) is 6.08 Å². The molecule has 7 nitrogen and oxygen atoms in total. The summed E-state index contributed by atoms with van der Waals surface area (Å²) in [4.78, 5) is 21.3. The molecule has 0 aliphatic rings.